The molecule has 0 spiro atoms. The third kappa shape index (κ3) is 2.20. The normalized spacial score (nSPS) is 16.5. The summed E-state index contributed by atoms with van der Waals surface area (Å²) in [5.41, 5.74) is 12.9. The van der Waals surface area contributed by atoms with Gasteiger partial charge in [-0.1, -0.05) is 30.3 Å². The lowest BCUT2D eigenvalue weighted by molar-refractivity contribution is 0.498. The lowest BCUT2D eigenvalue weighted by Crippen LogP contribution is -2.33. The fourth-order valence-electron chi connectivity index (χ4n) is 1.88. The van der Waals surface area contributed by atoms with E-state index in [9.17, 15) is 0 Å². The molecule has 1 saturated heterocycles. The van der Waals surface area contributed by atoms with E-state index in [2.05, 4.69) is 43.6 Å². The predicted octanol–water partition coefficient (Wildman–Crippen LogP) is 0.0470. The summed E-state index contributed by atoms with van der Waals surface area (Å²) < 4.78 is 2.11. The molecule has 0 atom stereocenters. The van der Waals surface area contributed by atoms with Crippen molar-refractivity contribution in [3.63, 3.8) is 0 Å². The van der Waals surface area contributed by atoms with E-state index in [0.29, 0.717) is 0 Å². The Bertz CT molecular complexity index is 474. The van der Waals surface area contributed by atoms with Crippen LogP contribution in [0.3, 0.4) is 0 Å². The highest BCUT2D eigenvalue weighted by Gasteiger charge is 2.19. The standard InChI is InChI=1S/C11H14N6/c1-2-4-9(5-3-1)8-17-7-6-12-11(17)10-13-15-16-14-10/h1-7,10,13-16H,8H2. The SMILES string of the molecule is c1ccc(Cn2ccnc2C2NNNN2)cc1. The van der Waals surface area contributed by atoms with Crippen LogP contribution in [-0.4, -0.2) is 9.55 Å². The molecule has 0 unspecified atom stereocenters. The van der Waals surface area contributed by atoms with Gasteiger partial charge in [-0.15, -0.1) is 0 Å². The molecule has 1 aromatic heterocycles. The summed E-state index contributed by atoms with van der Waals surface area (Å²) >= 11 is 0. The number of hydrogen-bond acceptors (Lipinski definition) is 5. The van der Waals surface area contributed by atoms with Crippen molar-refractivity contribution in [3.05, 3.63) is 54.1 Å². The van der Waals surface area contributed by atoms with Gasteiger partial charge >= 0.3 is 0 Å². The number of hydrazine groups is 3. The maximum Gasteiger partial charge on any atom is 0.144 e. The van der Waals surface area contributed by atoms with Crippen molar-refractivity contribution < 1.29 is 0 Å². The zero-order valence-corrected chi connectivity index (χ0v) is 9.22. The Hall–Kier alpha value is -1.73. The lowest BCUT2D eigenvalue weighted by Gasteiger charge is -2.12. The first-order valence-electron chi connectivity index (χ1n) is 5.49. The van der Waals surface area contributed by atoms with E-state index in [4.69, 9.17) is 0 Å². The number of benzene rings is 1. The molecule has 4 N–H and O–H groups in total. The number of nitrogens with one attached hydrogen (secondary N) is 4. The zero-order chi connectivity index (χ0) is 11.5. The van der Waals surface area contributed by atoms with Gasteiger partial charge in [-0.05, 0) is 5.56 Å². The smallest absolute Gasteiger partial charge is 0.144 e. The van der Waals surface area contributed by atoms with Gasteiger partial charge in [-0.3, -0.25) is 0 Å². The van der Waals surface area contributed by atoms with Crippen LogP contribution < -0.4 is 21.9 Å². The van der Waals surface area contributed by atoms with Crippen molar-refractivity contribution in [2.45, 2.75) is 12.7 Å². The minimum atomic E-state index is -0.0336. The number of nitrogens with zero attached hydrogens (tertiary/aromatic N) is 2. The highest BCUT2D eigenvalue weighted by Crippen LogP contribution is 2.11. The number of imidazole rings is 1. The minimum Gasteiger partial charge on any atom is -0.328 e. The summed E-state index contributed by atoms with van der Waals surface area (Å²) in [6.07, 6.45) is 3.75. The van der Waals surface area contributed by atoms with Crippen LogP contribution in [0.5, 0.6) is 0 Å². The van der Waals surface area contributed by atoms with E-state index in [1.54, 1.807) is 6.20 Å². The molecule has 0 radical (unpaired) electrons. The van der Waals surface area contributed by atoms with E-state index in [-0.39, 0.29) is 6.17 Å². The van der Waals surface area contributed by atoms with Crippen molar-refractivity contribution in [3.8, 4) is 0 Å². The van der Waals surface area contributed by atoms with Gasteiger partial charge in [-0.25, -0.2) is 15.8 Å². The maximum atomic E-state index is 4.35. The molecule has 3 rings (SSSR count). The van der Waals surface area contributed by atoms with E-state index in [1.807, 2.05) is 24.4 Å². The average Bonchev–Trinajstić information content (AvgIpc) is 3.00. The second-order valence-electron chi connectivity index (χ2n) is 3.87. The Morgan fingerprint density at radius 2 is 1.88 bits per heavy atom. The van der Waals surface area contributed by atoms with Gasteiger partial charge in [0.1, 0.15) is 12.0 Å². The van der Waals surface area contributed by atoms with Crippen molar-refractivity contribution >= 4 is 0 Å². The minimum absolute atomic E-state index is 0.0336. The van der Waals surface area contributed by atoms with Crippen molar-refractivity contribution in [1.82, 2.24) is 31.5 Å². The Balaban J connectivity index is 1.81. The first-order valence-corrected chi connectivity index (χ1v) is 5.49. The molecule has 2 aromatic rings. The van der Waals surface area contributed by atoms with Gasteiger partial charge in [0, 0.05) is 18.9 Å². The van der Waals surface area contributed by atoms with Gasteiger partial charge < -0.3 is 4.57 Å². The molecule has 0 bridgehead atoms. The van der Waals surface area contributed by atoms with E-state index in [1.165, 1.54) is 5.56 Å². The summed E-state index contributed by atoms with van der Waals surface area (Å²) in [5.74, 6) is 0.936. The highest BCUT2D eigenvalue weighted by molar-refractivity contribution is 5.16. The third-order valence-electron chi connectivity index (χ3n) is 2.70. The molecular weight excluding hydrogens is 216 g/mol. The van der Waals surface area contributed by atoms with Gasteiger partial charge in [0.2, 0.25) is 0 Å². The molecule has 0 amide bonds. The van der Waals surface area contributed by atoms with Crippen LogP contribution in [0.1, 0.15) is 17.6 Å². The molecule has 0 aliphatic carbocycles. The first kappa shape index (κ1) is 10.4. The summed E-state index contributed by atoms with van der Waals surface area (Å²) in [6.45, 7) is 0.816. The van der Waals surface area contributed by atoms with Crippen LogP contribution in [0.15, 0.2) is 42.7 Å². The monoisotopic (exact) mass is 230 g/mol. The predicted molar refractivity (Wildman–Crippen MR) is 63.1 cm³/mol. The molecule has 6 heteroatoms. The van der Waals surface area contributed by atoms with Crippen LogP contribution in [0.25, 0.3) is 0 Å². The third-order valence-corrected chi connectivity index (χ3v) is 2.70. The summed E-state index contributed by atoms with van der Waals surface area (Å²) in [4.78, 5) is 4.35. The summed E-state index contributed by atoms with van der Waals surface area (Å²) in [7, 11) is 0. The van der Waals surface area contributed by atoms with E-state index in [0.717, 1.165) is 12.4 Å². The molecule has 2 heterocycles. The second-order valence-corrected chi connectivity index (χ2v) is 3.87. The van der Waals surface area contributed by atoms with Gasteiger partial charge in [0.15, 0.2) is 0 Å². The first-order chi connectivity index (χ1) is 8.43. The molecular formula is C11H14N6. The van der Waals surface area contributed by atoms with Crippen molar-refractivity contribution in [2.24, 2.45) is 0 Å². The zero-order valence-electron chi connectivity index (χ0n) is 9.22. The number of hydrogen-bond donors (Lipinski definition) is 4. The second kappa shape index (κ2) is 4.64. The fourth-order valence-corrected chi connectivity index (χ4v) is 1.88. The van der Waals surface area contributed by atoms with Crippen LogP contribution in [0, 0.1) is 0 Å². The molecule has 1 aliphatic heterocycles. The number of rotatable bonds is 3. The van der Waals surface area contributed by atoms with Crippen LogP contribution in [0.2, 0.25) is 0 Å². The average molecular weight is 230 g/mol. The molecule has 6 nitrogen and oxygen atoms in total. The molecule has 0 saturated carbocycles. The Labute approximate surface area is 99.0 Å². The van der Waals surface area contributed by atoms with Crippen molar-refractivity contribution in [1.29, 1.82) is 0 Å². The summed E-state index contributed by atoms with van der Waals surface area (Å²) in [6, 6.07) is 10.3. The molecule has 88 valence electrons. The maximum absolute atomic E-state index is 4.35. The van der Waals surface area contributed by atoms with Gasteiger partial charge in [0.25, 0.3) is 0 Å². The Kier molecular flexibility index (Phi) is 2.85. The Morgan fingerprint density at radius 1 is 1.12 bits per heavy atom. The van der Waals surface area contributed by atoms with E-state index >= 15 is 0 Å². The van der Waals surface area contributed by atoms with E-state index < -0.39 is 0 Å². The highest BCUT2D eigenvalue weighted by atomic mass is 15.8. The summed E-state index contributed by atoms with van der Waals surface area (Å²) in [5, 5.41) is 0. The quantitative estimate of drug-likeness (QED) is 0.600. The molecule has 17 heavy (non-hydrogen) atoms. The van der Waals surface area contributed by atoms with Gasteiger partial charge in [0.05, 0.1) is 0 Å². The van der Waals surface area contributed by atoms with Crippen molar-refractivity contribution in [2.75, 3.05) is 0 Å². The molecule has 1 aliphatic rings. The number of aromatic nitrogens is 2. The topological polar surface area (TPSA) is 65.9 Å². The van der Waals surface area contributed by atoms with Crippen LogP contribution in [0.4, 0.5) is 0 Å². The molecule has 1 fully saturated rings. The molecule has 1 aromatic carbocycles. The van der Waals surface area contributed by atoms with Gasteiger partial charge in [-0.2, -0.15) is 11.1 Å². The fraction of sp³-hybridized carbons (Fsp3) is 0.182. The largest absolute Gasteiger partial charge is 0.328 e. The Morgan fingerprint density at radius 3 is 2.65 bits per heavy atom. The lowest BCUT2D eigenvalue weighted by atomic mass is 10.2. The van der Waals surface area contributed by atoms with Crippen LogP contribution >= 0.6 is 0 Å². The van der Waals surface area contributed by atoms with Crippen LogP contribution in [-0.2, 0) is 6.54 Å².